The lowest BCUT2D eigenvalue weighted by Gasteiger charge is -2.28. The Kier molecular flexibility index (Phi) is 14.1. The molecule has 40 heavy (non-hydrogen) atoms. The molecule has 0 saturated carbocycles. The fourth-order valence-corrected chi connectivity index (χ4v) is 4.60. The van der Waals surface area contributed by atoms with E-state index in [1.165, 1.54) is 44.1 Å². The van der Waals surface area contributed by atoms with Gasteiger partial charge in [0.25, 0.3) is 0 Å². The number of nitrogens with zero attached hydrogens (tertiary/aromatic N) is 2. The third kappa shape index (κ3) is 11.4. The largest absolute Gasteiger partial charge is 0.489 e. The van der Waals surface area contributed by atoms with Crippen LogP contribution in [-0.2, 0) is 19.6 Å². The molecule has 0 atom stereocenters. The van der Waals surface area contributed by atoms with Crippen LogP contribution in [0.15, 0.2) is 78.9 Å². The number of ether oxygens (including phenoxy) is 1. The molecule has 0 radical (unpaired) electrons. The monoisotopic (exact) mass is 543 g/mol. The minimum atomic E-state index is -0.0587. The van der Waals surface area contributed by atoms with Gasteiger partial charge in [-0.2, -0.15) is 0 Å². The molecule has 1 N–H and O–H groups in total. The molecule has 216 valence electrons. The molecule has 0 aliphatic rings. The second-order valence-corrected chi connectivity index (χ2v) is 10.6. The van der Waals surface area contributed by atoms with E-state index >= 15 is 0 Å². The van der Waals surface area contributed by atoms with E-state index in [1.807, 2.05) is 47.4 Å². The molecule has 0 aliphatic heterocycles. The highest BCUT2D eigenvalue weighted by molar-refractivity contribution is 5.89. The van der Waals surface area contributed by atoms with Crippen LogP contribution in [0.1, 0.15) is 76.0 Å². The molecule has 0 aliphatic carbocycles. The Morgan fingerprint density at radius 2 is 1.30 bits per heavy atom. The van der Waals surface area contributed by atoms with Crippen LogP contribution in [-0.4, -0.2) is 42.0 Å². The van der Waals surface area contributed by atoms with Gasteiger partial charge in [-0.05, 0) is 79.7 Å². The third-order valence-electron chi connectivity index (χ3n) is 7.20. The lowest BCUT2D eigenvalue weighted by molar-refractivity contribution is 0.188. The van der Waals surface area contributed by atoms with Gasteiger partial charge in [0.1, 0.15) is 12.4 Å². The number of hydrogen-bond acceptors (Lipinski definition) is 3. The van der Waals surface area contributed by atoms with Crippen LogP contribution in [0.3, 0.4) is 0 Å². The summed E-state index contributed by atoms with van der Waals surface area (Å²) in [4.78, 5) is 18.0. The van der Waals surface area contributed by atoms with E-state index in [-0.39, 0.29) is 6.03 Å². The van der Waals surface area contributed by atoms with Gasteiger partial charge in [-0.25, -0.2) is 4.79 Å². The predicted molar refractivity (Wildman–Crippen MR) is 168 cm³/mol. The van der Waals surface area contributed by atoms with Crippen molar-refractivity contribution in [3.05, 3.63) is 95.6 Å². The first-order chi connectivity index (χ1) is 19.6. The number of carbonyl (C=O) groups excluding carboxylic acids is 1. The second kappa shape index (κ2) is 18.1. The number of aryl methyl sites for hydroxylation is 1. The molecule has 3 rings (SSSR count). The minimum Gasteiger partial charge on any atom is -0.489 e. The van der Waals surface area contributed by atoms with Crippen molar-refractivity contribution in [1.82, 2.24) is 9.80 Å². The Labute approximate surface area is 242 Å². The van der Waals surface area contributed by atoms with Crippen LogP contribution in [0.2, 0.25) is 0 Å². The molecule has 0 aromatic heterocycles. The van der Waals surface area contributed by atoms with Gasteiger partial charge in [-0.3, -0.25) is 0 Å². The number of anilines is 1. The number of urea groups is 1. The van der Waals surface area contributed by atoms with Crippen molar-refractivity contribution in [2.45, 2.75) is 78.9 Å². The Balaban J connectivity index is 1.65. The molecular formula is C35H49N3O2. The quantitative estimate of drug-likeness (QED) is 0.175. The first kappa shape index (κ1) is 31.2. The van der Waals surface area contributed by atoms with E-state index in [9.17, 15) is 4.79 Å². The molecule has 0 unspecified atom stereocenters. The zero-order chi connectivity index (χ0) is 28.4. The van der Waals surface area contributed by atoms with Crippen molar-refractivity contribution in [2.75, 3.05) is 31.5 Å². The molecule has 0 heterocycles. The molecule has 5 nitrogen and oxygen atoms in total. The van der Waals surface area contributed by atoms with Gasteiger partial charge in [0.2, 0.25) is 0 Å². The summed E-state index contributed by atoms with van der Waals surface area (Å²) in [6.07, 6.45) is 8.17. The van der Waals surface area contributed by atoms with Gasteiger partial charge in [0, 0.05) is 25.3 Å². The summed E-state index contributed by atoms with van der Waals surface area (Å²) in [7, 11) is 0. The molecule has 0 fully saturated rings. The Morgan fingerprint density at radius 3 is 1.93 bits per heavy atom. The summed E-state index contributed by atoms with van der Waals surface area (Å²) in [5, 5.41) is 3.15. The minimum absolute atomic E-state index is 0.0587. The van der Waals surface area contributed by atoms with E-state index in [4.69, 9.17) is 4.74 Å². The van der Waals surface area contributed by atoms with Gasteiger partial charge >= 0.3 is 6.03 Å². The summed E-state index contributed by atoms with van der Waals surface area (Å²) in [5.74, 6) is 0.831. The van der Waals surface area contributed by atoms with Crippen molar-refractivity contribution in [1.29, 1.82) is 0 Å². The van der Waals surface area contributed by atoms with Crippen LogP contribution in [0.4, 0.5) is 10.5 Å². The van der Waals surface area contributed by atoms with E-state index in [0.29, 0.717) is 19.7 Å². The predicted octanol–water partition coefficient (Wildman–Crippen LogP) is 8.54. The SMILES string of the molecule is CCCCc1ccc(NC(=O)N(CCN(CCCC)CCCC)Cc2ccc(OCc3ccccc3)cc2)cc1. The van der Waals surface area contributed by atoms with Gasteiger partial charge in [-0.1, -0.05) is 94.6 Å². The molecule has 0 bridgehead atoms. The maximum Gasteiger partial charge on any atom is 0.322 e. The van der Waals surface area contributed by atoms with Gasteiger partial charge < -0.3 is 19.9 Å². The number of hydrogen-bond donors (Lipinski definition) is 1. The fourth-order valence-electron chi connectivity index (χ4n) is 4.60. The first-order valence-corrected chi connectivity index (χ1v) is 15.2. The zero-order valence-electron chi connectivity index (χ0n) is 24.9. The van der Waals surface area contributed by atoms with Crippen molar-refractivity contribution in [3.8, 4) is 5.75 Å². The van der Waals surface area contributed by atoms with Crippen LogP contribution in [0.25, 0.3) is 0 Å². The van der Waals surface area contributed by atoms with Crippen LogP contribution in [0.5, 0.6) is 5.75 Å². The lowest BCUT2D eigenvalue weighted by atomic mass is 10.1. The average Bonchev–Trinajstić information content (AvgIpc) is 2.99. The third-order valence-corrected chi connectivity index (χ3v) is 7.20. The average molecular weight is 544 g/mol. The summed E-state index contributed by atoms with van der Waals surface area (Å²) < 4.78 is 5.97. The van der Waals surface area contributed by atoms with Crippen molar-refractivity contribution < 1.29 is 9.53 Å². The van der Waals surface area contributed by atoms with Crippen LogP contribution < -0.4 is 10.1 Å². The van der Waals surface area contributed by atoms with Crippen molar-refractivity contribution in [3.63, 3.8) is 0 Å². The number of unbranched alkanes of at least 4 members (excludes halogenated alkanes) is 3. The maximum atomic E-state index is 13.5. The van der Waals surface area contributed by atoms with Crippen LogP contribution in [0, 0.1) is 0 Å². The van der Waals surface area contributed by atoms with E-state index < -0.39 is 0 Å². The zero-order valence-corrected chi connectivity index (χ0v) is 24.9. The number of amides is 2. The molecule has 3 aromatic rings. The molecular weight excluding hydrogens is 494 g/mol. The summed E-state index contributed by atoms with van der Waals surface area (Å²) in [6.45, 7) is 11.5. The number of benzene rings is 3. The highest BCUT2D eigenvalue weighted by Gasteiger charge is 2.16. The highest BCUT2D eigenvalue weighted by Crippen LogP contribution is 2.17. The fraction of sp³-hybridized carbons (Fsp3) is 0.457. The number of rotatable bonds is 18. The molecule has 5 heteroatoms. The second-order valence-electron chi connectivity index (χ2n) is 10.6. The normalized spacial score (nSPS) is 11.0. The highest BCUT2D eigenvalue weighted by atomic mass is 16.5. The summed E-state index contributed by atoms with van der Waals surface area (Å²) in [5.41, 5.74) is 4.39. The first-order valence-electron chi connectivity index (χ1n) is 15.2. The smallest absolute Gasteiger partial charge is 0.322 e. The van der Waals surface area contributed by atoms with Crippen LogP contribution >= 0.6 is 0 Å². The molecule has 0 spiro atoms. The summed E-state index contributed by atoms with van der Waals surface area (Å²) >= 11 is 0. The van der Waals surface area contributed by atoms with E-state index in [2.05, 4.69) is 67.4 Å². The maximum absolute atomic E-state index is 13.5. The van der Waals surface area contributed by atoms with E-state index in [1.54, 1.807) is 0 Å². The summed E-state index contributed by atoms with van der Waals surface area (Å²) in [6, 6.07) is 26.5. The topological polar surface area (TPSA) is 44.8 Å². The molecule has 2 amide bonds. The van der Waals surface area contributed by atoms with Gasteiger partial charge in [-0.15, -0.1) is 0 Å². The standard InChI is InChI=1S/C35H49N3O2/c1-4-7-13-30-16-20-33(21-17-30)36-35(39)38(27-26-37(24-8-5-2)25-9-6-3)28-31-18-22-34(23-19-31)40-29-32-14-11-10-12-15-32/h10-12,14-23H,4-9,13,24-29H2,1-3H3,(H,36,39). The Hall–Kier alpha value is -3.31. The van der Waals surface area contributed by atoms with E-state index in [0.717, 1.165) is 48.6 Å². The Morgan fingerprint density at radius 1 is 0.675 bits per heavy atom. The Bertz CT molecular complexity index is 1080. The number of nitrogens with one attached hydrogen (secondary N) is 1. The van der Waals surface area contributed by atoms with Crippen molar-refractivity contribution >= 4 is 11.7 Å². The lowest BCUT2D eigenvalue weighted by Crippen LogP contribution is -2.41. The van der Waals surface area contributed by atoms with Crippen molar-refractivity contribution in [2.24, 2.45) is 0 Å². The number of carbonyl (C=O) groups is 1. The van der Waals surface area contributed by atoms with Gasteiger partial charge in [0.05, 0.1) is 0 Å². The van der Waals surface area contributed by atoms with Gasteiger partial charge in [0.15, 0.2) is 0 Å². The molecule has 0 saturated heterocycles. The molecule has 3 aromatic carbocycles.